The van der Waals surface area contributed by atoms with E-state index in [0.29, 0.717) is 12.5 Å². The predicted molar refractivity (Wildman–Crippen MR) is 54.9 cm³/mol. The van der Waals surface area contributed by atoms with Crippen molar-refractivity contribution in [3.63, 3.8) is 0 Å². The largest absolute Gasteiger partial charge is 0.475 e. The molecule has 0 aliphatic carbocycles. The SMILES string of the molecule is CCCOc1noc2c1CNCC2.Cl. The lowest BCUT2D eigenvalue weighted by Gasteiger charge is -2.10. The highest BCUT2D eigenvalue weighted by Crippen LogP contribution is 2.23. The Morgan fingerprint density at radius 3 is 3.21 bits per heavy atom. The Bertz CT molecular complexity index is 288. The second-order valence-electron chi connectivity index (χ2n) is 3.16. The average molecular weight is 219 g/mol. The van der Waals surface area contributed by atoms with E-state index < -0.39 is 0 Å². The van der Waals surface area contributed by atoms with Gasteiger partial charge in [0.1, 0.15) is 5.76 Å². The number of nitrogens with one attached hydrogen (secondary N) is 1. The molecule has 0 radical (unpaired) electrons. The van der Waals surface area contributed by atoms with Gasteiger partial charge in [-0.2, -0.15) is 0 Å². The van der Waals surface area contributed by atoms with Crippen molar-refractivity contribution in [3.8, 4) is 5.88 Å². The van der Waals surface area contributed by atoms with Gasteiger partial charge in [-0.05, 0) is 11.6 Å². The summed E-state index contributed by atoms with van der Waals surface area (Å²) in [6.07, 6.45) is 1.91. The Hall–Kier alpha value is -0.740. The zero-order valence-electron chi connectivity index (χ0n) is 8.21. The number of hydrogen-bond donors (Lipinski definition) is 1. The first-order valence-corrected chi connectivity index (χ1v) is 4.72. The minimum absolute atomic E-state index is 0. The molecule has 2 rings (SSSR count). The molecule has 0 saturated heterocycles. The lowest BCUT2D eigenvalue weighted by Crippen LogP contribution is -2.22. The maximum Gasteiger partial charge on any atom is 0.258 e. The summed E-state index contributed by atoms with van der Waals surface area (Å²) in [5, 5.41) is 7.16. The molecule has 1 aliphatic heterocycles. The summed E-state index contributed by atoms with van der Waals surface area (Å²) in [6, 6.07) is 0. The van der Waals surface area contributed by atoms with Crippen molar-refractivity contribution < 1.29 is 9.26 Å². The first kappa shape index (κ1) is 11.3. The summed E-state index contributed by atoms with van der Waals surface area (Å²) in [4.78, 5) is 0. The van der Waals surface area contributed by atoms with Gasteiger partial charge in [0.15, 0.2) is 0 Å². The van der Waals surface area contributed by atoms with Crippen LogP contribution in [0.15, 0.2) is 4.52 Å². The summed E-state index contributed by atoms with van der Waals surface area (Å²) < 4.78 is 10.6. The zero-order valence-corrected chi connectivity index (χ0v) is 9.02. The normalized spacial score (nSPS) is 14.4. The van der Waals surface area contributed by atoms with Gasteiger partial charge < -0.3 is 14.6 Å². The molecular formula is C9H15ClN2O2. The molecule has 2 heterocycles. The fraction of sp³-hybridized carbons (Fsp3) is 0.667. The number of halogens is 1. The van der Waals surface area contributed by atoms with E-state index in [1.54, 1.807) is 0 Å². The molecule has 0 saturated carbocycles. The fourth-order valence-electron chi connectivity index (χ4n) is 1.42. The molecule has 1 aliphatic rings. The van der Waals surface area contributed by atoms with E-state index in [4.69, 9.17) is 9.26 Å². The third-order valence-electron chi connectivity index (χ3n) is 2.11. The van der Waals surface area contributed by atoms with Crippen LogP contribution in [0.1, 0.15) is 24.7 Å². The molecule has 0 atom stereocenters. The summed E-state index contributed by atoms with van der Waals surface area (Å²) in [5.74, 6) is 1.65. The van der Waals surface area contributed by atoms with Crippen molar-refractivity contribution in [1.82, 2.24) is 10.5 Å². The van der Waals surface area contributed by atoms with Crippen LogP contribution in [0.4, 0.5) is 0 Å². The molecule has 5 heteroatoms. The molecule has 0 aromatic carbocycles. The number of aromatic nitrogens is 1. The Labute approximate surface area is 89.4 Å². The highest BCUT2D eigenvalue weighted by atomic mass is 35.5. The molecule has 0 bridgehead atoms. The van der Waals surface area contributed by atoms with Crippen LogP contribution in [0, 0.1) is 0 Å². The molecule has 1 N–H and O–H groups in total. The quantitative estimate of drug-likeness (QED) is 0.836. The Balaban J connectivity index is 0.000000980. The van der Waals surface area contributed by atoms with E-state index in [0.717, 1.165) is 37.3 Å². The summed E-state index contributed by atoms with van der Waals surface area (Å²) in [5.41, 5.74) is 1.10. The van der Waals surface area contributed by atoms with E-state index in [2.05, 4.69) is 17.4 Å². The third kappa shape index (κ3) is 2.19. The first-order valence-electron chi connectivity index (χ1n) is 4.72. The fourth-order valence-corrected chi connectivity index (χ4v) is 1.42. The topological polar surface area (TPSA) is 47.3 Å². The van der Waals surface area contributed by atoms with Crippen LogP contribution in [0.2, 0.25) is 0 Å². The van der Waals surface area contributed by atoms with Crippen LogP contribution in [0.25, 0.3) is 0 Å². The number of rotatable bonds is 3. The van der Waals surface area contributed by atoms with Crippen LogP contribution in [0.5, 0.6) is 5.88 Å². The van der Waals surface area contributed by atoms with Gasteiger partial charge >= 0.3 is 0 Å². The summed E-state index contributed by atoms with van der Waals surface area (Å²) >= 11 is 0. The number of fused-ring (bicyclic) bond motifs is 1. The molecule has 14 heavy (non-hydrogen) atoms. The molecule has 0 unspecified atom stereocenters. The number of ether oxygens (including phenoxy) is 1. The van der Waals surface area contributed by atoms with E-state index in [1.165, 1.54) is 0 Å². The van der Waals surface area contributed by atoms with Crippen molar-refractivity contribution in [1.29, 1.82) is 0 Å². The number of hydrogen-bond acceptors (Lipinski definition) is 4. The predicted octanol–water partition coefficient (Wildman–Crippen LogP) is 1.53. The van der Waals surface area contributed by atoms with Crippen LogP contribution >= 0.6 is 12.4 Å². The second-order valence-corrected chi connectivity index (χ2v) is 3.16. The maximum absolute atomic E-state index is 5.45. The van der Waals surface area contributed by atoms with E-state index in [-0.39, 0.29) is 12.4 Å². The standard InChI is InChI=1S/C9H14N2O2.ClH/c1-2-5-12-9-7-6-10-4-3-8(7)13-11-9;/h10H,2-6H2,1H3;1H. The van der Waals surface area contributed by atoms with Crippen molar-refractivity contribution in [2.75, 3.05) is 13.2 Å². The number of nitrogens with zero attached hydrogens (tertiary/aromatic N) is 1. The molecule has 80 valence electrons. The first-order chi connectivity index (χ1) is 6.42. The summed E-state index contributed by atoms with van der Waals surface area (Å²) in [7, 11) is 0. The highest BCUT2D eigenvalue weighted by Gasteiger charge is 2.19. The molecule has 1 aromatic rings. The third-order valence-corrected chi connectivity index (χ3v) is 2.11. The molecule has 4 nitrogen and oxygen atoms in total. The average Bonchev–Trinajstić information content (AvgIpc) is 2.58. The second kappa shape index (κ2) is 5.22. The Kier molecular flexibility index (Phi) is 4.22. The Morgan fingerprint density at radius 2 is 2.43 bits per heavy atom. The lowest BCUT2D eigenvalue weighted by molar-refractivity contribution is 0.275. The van der Waals surface area contributed by atoms with Crippen LogP contribution < -0.4 is 10.1 Å². The summed E-state index contributed by atoms with van der Waals surface area (Å²) in [6.45, 7) is 4.57. The molecule has 1 aromatic heterocycles. The monoisotopic (exact) mass is 218 g/mol. The van der Waals surface area contributed by atoms with Crippen molar-refractivity contribution in [2.45, 2.75) is 26.3 Å². The van der Waals surface area contributed by atoms with Crippen molar-refractivity contribution >= 4 is 12.4 Å². The van der Waals surface area contributed by atoms with Gasteiger partial charge in [0, 0.05) is 19.5 Å². The highest BCUT2D eigenvalue weighted by molar-refractivity contribution is 5.85. The molecule has 0 fully saturated rings. The van der Waals surface area contributed by atoms with E-state index >= 15 is 0 Å². The van der Waals surface area contributed by atoms with E-state index in [1.807, 2.05) is 0 Å². The van der Waals surface area contributed by atoms with Crippen LogP contribution in [-0.4, -0.2) is 18.3 Å². The van der Waals surface area contributed by atoms with Gasteiger partial charge in [-0.1, -0.05) is 6.92 Å². The van der Waals surface area contributed by atoms with E-state index in [9.17, 15) is 0 Å². The van der Waals surface area contributed by atoms with Crippen molar-refractivity contribution in [2.24, 2.45) is 0 Å². The Morgan fingerprint density at radius 1 is 1.57 bits per heavy atom. The minimum atomic E-state index is 0. The smallest absolute Gasteiger partial charge is 0.258 e. The maximum atomic E-state index is 5.45. The van der Waals surface area contributed by atoms with Gasteiger partial charge in [-0.15, -0.1) is 12.4 Å². The van der Waals surface area contributed by atoms with Crippen LogP contribution in [-0.2, 0) is 13.0 Å². The lowest BCUT2D eigenvalue weighted by atomic mass is 10.1. The van der Waals surface area contributed by atoms with Crippen LogP contribution in [0.3, 0.4) is 0 Å². The van der Waals surface area contributed by atoms with Crippen molar-refractivity contribution in [3.05, 3.63) is 11.3 Å². The van der Waals surface area contributed by atoms with Gasteiger partial charge in [-0.3, -0.25) is 0 Å². The molecule has 0 spiro atoms. The minimum Gasteiger partial charge on any atom is -0.475 e. The molecular weight excluding hydrogens is 204 g/mol. The van der Waals surface area contributed by atoms with Gasteiger partial charge in [0.25, 0.3) is 5.88 Å². The molecule has 0 amide bonds. The van der Waals surface area contributed by atoms with Gasteiger partial charge in [0.2, 0.25) is 0 Å². The zero-order chi connectivity index (χ0) is 9.10. The van der Waals surface area contributed by atoms with Gasteiger partial charge in [-0.25, -0.2) is 0 Å². The van der Waals surface area contributed by atoms with Gasteiger partial charge in [0.05, 0.1) is 12.2 Å².